The molecule has 0 radical (unpaired) electrons. The number of ether oxygens (including phenoxy) is 1. The zero-order valence-corrected chi connectivity index (χ0v) is 12.2. The van der Waals surface area contributed by atoms with E-state index in [0.717, 1.165) is 32.5 Å². The third-order valence-electron chi connectivity index (χ3n) is 3.21. The van der Waals surface area contributed by atoms with Gasteiger partial charge in [0.25, 0.3) is 0 Å². The van der Waals surface area contributed by atoms with E-state index in [1.165, 1.54) is 0 Å². The standard InChI is InChI=1S/C14H30N2O2/c1-4-18-11-5-10-16-14(17)7-6-13(8-9-15)12(2)3/h12-13H,4-11,15H2,1-3H3,(H,16,17). The van der Waals surface area contributed by atoms with Crippen LogP contribution < -0.4 is 11.1 Å². The molecule has 4 heteroatoms. The van der Waals surface area contributed by atoms with Gasteiger partial charge in [0.1, 0.15) is 0 Å². The Labute approximate surface area is 112 Å². The lowest BCUT2D eigenvalue weighted by Crippen LogP contribution is -2.26. The summed E-state index contributed by atoms with van der Waals surface area (Å²) in [5, 5.41) is 2.93. The molecule has 0 aromatic rings. The largest absolute Gasteiger partial charge is 0.382 e. The number of rotatable bonds is 11. The number of nitrogens with one attached hydrogen (secondary N) is 1. The molecule has 0 aliphatic carbocycles. The monoisotopic (exact) mass is 258 g/mol. The lowest BCUT2D eigenvalue weighted by molar-refractivity contribution is -0.121. The second-order valence-corrected chi connectivity index (χ2v) is 5.02. The molecule has 108 valence electrons. The molecule has 0 aromatic heterocycles. The maximum atomic E-state index is 11.6. The molecule has 1 atom stereocenters. The van der Waals surface area contributed by atoms with Crippen LogP contribution in [0, 0.1) is 11.8 Å². The summed E-state index contributed by atoms with van der Waals surface area (Å²) in [6.07, 6.45) is 3.44. The topological polar surface area (TPSA) is 64.3 Å². The summed E-state index contributed by atoms with van der Waals surface area (Å²) in [4.78, 5) is 11.6. The highest BCUT2D eigenvalue weighted by molar-refractivity contribution is 5.75. The Balaban J connectivity index is 3.61. The maximum Gasteiger partial charge on any atom is 0.220 e. The van der Waals surface area contributed by atoms with Crippen LogP contribution in [0.4, 0.5) is 0 Å². The van der Waals surface area contributed by atoms with Crippen LogP contribution in [0.15, 0.2) is 0 Å². The SMILES string of the molecule is CCOCCCNC(=O)CCC(CCN)C(C)C. The highest BCUT2D eigenvalue weighted by Gasteiger charge is 2.14. The first-order valence-electron chi connectivity index (χ1n) is 7.16. The van der Waals surface area contributed by atoms with Crippen LogP contribution in [0.2, 0.25) is 0 Å². The molecule has 0 saturated carbocycles. The Hall–Kier alpha value is -0.610. The molecule has 0 aromatic carbocycles. The number of amides is 1. The zero-order chi connectivity index (χ0) is 13.8. The van der Waals surface area contributed by atoms with Gasteiger partial charge in [0.15, 0.2) is 0 Å². The Kier molecular flexibility index (Phi) is 11.1. The molecule has 0 rings (SSSR count). The minimum atomic E-state index is 0.147. The minimum Gasteiger partial charge on any atom is -0.382 e. The summed E-state index contributed by atoms with van der Waals surface area (Å²) in [7, 11) is 0. The van der Waals surface area contributed by atoms with Crippen molar-refractivity contribution in [3.8, 4) is 0 Å². The van der Waals surface area contributed by atoms with E-state index in [4.69, 9.17) is 10.5 Å². The average molecular weight is 258 g/mol. The van der Waals surface area contributed by atoms with Gasteiger partial charge in [0, 0.05) is 26.2 Å². The van der Waals surface area contributed by atoms with Gasteiger partial charge in [-0.15, -0.1) is 0 Å². The van der Waals surface area contributed by atoms with E-state index >= 15 is 0 Å². The van der Waals surface area contributed by atoms with Crippen LogP contribution in [-0.2, 0) is 9.53 Å². The molecule has 4 nitrogen and oxygen atoms in total. The van der Waals surface area contributed by atoms with Gasteiger partial charge < -0.3 is 15.8 Å². The number of carbonyl (C=O) groups is 1. The molecule has 1 amide bonds. The van der Waals surface area contributed by atoms with Gasteiger partial charge in [-0.05, 0) is 44.6 Å². The summed E-state index contributed by atoms with van der Waals surface area (Å²) in [5.41, 5.74) is 5.59. The fourth-order valence-corrected chi connectivity index (χ4v) is 1.98. The summed E-state index contributed by atoms with van der Waals surface area (Å²) in [6.45, 7) is 9.24. The lowest BCUT2D eigenvalue weighted by Gasteiger charge is -2.19. The predicted octanol–water partition coefficient (Wildman–Crippen LogP) is 1.93. The zero-order valence-electron chi connectivity index (χ0n) is 12.2. The molecule has 0 bridgehead atoms. The van der Waals surface area contributed by atoms with Gasteiger partial charge in [-0.25, -0.2) is 0 Å². The minimum absolute atomic E-state index is 0.147. The Morgan fingerprint density at radius 1 is 1.33 bits per heavy atom. The van der Waals surface area contributed by atoms with Crippen LogP contribution in [0.25, 0.3) is 0 Å². The average Bonchev–Trinajstić information content (AvgIpc) is 2.33. The van der Waals surface area contributed by atoms with Crippen molar-refractivity contribution in [2.24, 2.45) is 17.6 Å². The van der Waals surface area contributed by atoms with Gasteiger partial charge in [-0.1, -0.05) is 13.8 Å². The first kappa shape index (κ1) is 17.4. The van der Waals surface area contributed by atoms with E-state index in [1.54, 1.807) is 0 Å². The molecular formula is C14H30N2O2. The van der Waals surface area contributed by atoms with Crippen LogP contribution in [0.1, 0.15) is 46.5 Å². The highest BCUT2D eigenvalue weighted by Crippen LogP contribution is 2.20. The Morgan fingerprint density at radius 3 is 2.61 bits per heavy atom. The van der Waals surface area contributed by atoms with Gasteiger partial charge in [-0.2, -0.15) is 0 Å². The van der Waals surface area contributed by atoms with Crippen molar-refractivity contribution in [2.45, 2.75) is 46.5 Å². The van der Waals surface area contributed by atoms with Crippen molar-refractivity contribution in [2.75, 3.05) is 26.3 Å². The van der Waals surface area contributed by atoms with Crippen molar-refractivity contribution in [1.29, 1.82) is 0 Å². The number of nitrogens with two attached hydrogens (primary N) is 1. The third kappa shape index (κ3) is 9.42. The lowest BCUT2D eigenvalue weighted by atomic mass is 9.88. The first-order chi connectivity index (χ1) is 8.61. The maximum absolute atomic E-state index is 11.6. The number of carbonyl (C=O) groups excluding carboxylic acids is 1. The number of hydrogen-bond donors (Lipinski definition) is 2. The fourth-order valence-electron chi connectivity index (χ4n) is 1.98. The van der Waals surface area contributed by atoms with E-state index in [2.05, 4.69) is 19.2 Å². The molecule has 0 spiro atoms. The highest BCUT2D eigenvalue weighted by atomic mass is 16.5. The molecule has 1 unspecified atom stereocenters. The van der Waals surface area contributed by atoms with E-state index in [0.29, 0.717) is 31.3 Å². The third-order valence-corrected chi connectivity index (χ3v) is 3.21. The molecule has 0 heterocycles. The van der Waals surface area contributed by atoms with Crippen LogP contribution in [-0.4, -0.2) is 32.2 Å². The fraction of sp³-hybridized carbons (Fsp3) is 0.929. The number of hydrogen-bond acceptors (Lipinski definition) is 3. The molecule has 0 saturated heterocycles. The van der Waals surface area contributed by atoms with Crippen molar-refractivity contribution in [3.63, 3.8) is 0 Å². The summed E-state index contributed by atoms with van der Waals surface area (Å²) in [5.74, 6) is 1.30. The van der Waals surface area contributed by atoms with E-state index in [-0.39, 0.29) is 5.91 Å². The summed E-state index contributed by atoms with van der Waals surface area (Å²) >= 11 is 0. The quantitative estimate of drug-likeness (QED) is 0.557. The molecule has 0 aliphatic rings. The Morgan fingerprint density at radius 2 is 2.06 bits per heavy atom. The van der Waals surface area contributed by atoms with Crippen molar-refractivity contribution >= 4 is 5.91 Å². The second kappa shape index (κ2) is 11.5. The van der Waals surface area contributed by atoms with Crippen molar-refractivity contribution in [1.82, 2.24) is 5.32 Å². The van der Waals surface area contributed by atoms with Crippen LogP contribution in [0.3, 0.4) is 0 Å². The molecule has 0 aliphatic heterocycles. The van der Waals surface area contributed by atoms with E-state index in [9.17, 15) is 4.79 Å². The smallest absolute Gasteiger partial charge is 0.220 e. The van der Waals surface area contributed by atoms with Crippen LogP contribution in [0.5, 0.6) is 0 Å². The second-order valence-electron chi connectivity index (χ2n) is 5.02. The van der Waals surface area contributed by atoms with Gasteiger partial charge >= 0.3 is 0 Å². The van der Waals surface area contributed by atoms with Crippen molar-refractivity contribution in [3.05, 3.63) is 0 Å². The first-order valence-corrected chi connectivity index (χ1v) is 7.16. The van der Waals surface area contributed by atoms with Gasteiger partial charge in [-0.3, -0.25) is 4.79 Å². The van der Waals surface area contributed by atoms with Crippen LogP contribution >= 0.6 is 0 Å². The molecule has 18 heavy (non-hydrogen) atoms. The normalized spacial score (nSPS) is 12.7. The molecule has 0 fully saturated rings. The van der Waals surface area contributed by atoms with Gasteiger partial charge in [0.05, 0.1) is 0 Å². The molecular weight excluding hydrogens is 228 g/mol. The summed E-state index contributed by atoms with van der Waals surface area (Å²) < 4.78 is 5.21. The van der Waals surface area contributed by atoms with Gasteiger partial charge in [0.2, 0.25) is 5.91 Å². The van der Waals surface area contributed by atoms with E-state index < -0.39 is 0 Å². The van der Waals surface area contributed by atoms with Crippen molar-refractivity contribution < 1.29 is 9.53 Å². The van der Waals surface area contributed by atoms with E-state index in [1.807, 2.05) is 6.92 Å². The molecule has 3 N–H and O–H groups in total. The Bertz CT molecular complexity index is 208. The predicted molar refractivity (Wildman–Crippen MR) is 75.4 cm³/mol. The summed E-state index contributed by atoms with van der Waals surface area (Å²) in [6, 6.07) is 0.